The number of fused-ring (bicyclic) bond motifs is 1. The van der Waals surface area contributed by atoms with Crippen molar-refractivity contribution in [2.24, 2.45) is 22.7 Å². The highest BCUT2D eigenvalue weighted by molar-refractivity contribution is 5.83. The number of carbonyl (C=O) groups is 1. The third-order valence-corrected chi connectivity index (χ3v) is 8.60. The lowest BCUT2D eigenvalue weighted by Gasteiger charge is -2.59. The third kappa shape index (κ3) is 3.69. The smallest absolute Gasteiger partial charge is 0.228 e. The highest BCUT2D eigenvalue weighted by atomic mass is 16.3. The second-order valence-corrected chi connectivity index (χ2v) is 10.3. The monoisotopic (exact) mass is 398 g/mol. The van der Waals surface area contributed by atoms with E-state index in [2.05, 4.69) is 43.3 Å². The van der Waals surface area contributed by atoms with E-state index >= 15 is 0 Å². The van der Waals surface area contributed by atoms with E-state index in [0.717, 1.165) is 64.7 Å². The molecule has 160 valence electrons. The maximum atomic E-state index is 13.8. The van der Waals surface area contributed by atoms with Crippen LogP contribution in [0.25, 0.3) is 0 Å². The minimum Gasteiger partial charge on any atom is -0.472 e. The van der Waals surface area contributed by atoms with Gasteiger partial charge in [-0.3, -0.25) is 4.79 Å². The van der Waals surface area contributed by atoms with E-state index in [0.29, 0.717) is 17.7 Å². The van der Waals surface area contributed by atoms with Gasteiger partial charge in [0.05, 0.1) is 12.5 Å². The van der Waals surface area contributed by atoms with Gasteiger partial charge in [-0.25, -0.2) is 0 Å². The zero-order chi connectivity index (χ0) is 20.6. The molecule has 0 aromatic carbocycles. The summed E-state index contributed by atoms with van der Waals surface area (Å²) in [5.41, 5.74) is 2.63. The summed E-state index contributed by atoms with van der Waals surface area (Å²) in [5.74, 6) is 1.37. The summed E-state index contributed by atoms with van der Waals surface area (Å²) in [6.07, 6.45) is 11.4. The van der Waals surface area contributed by atoms with Crippen LogP contribution in [0.4, 0.5) is 0 Å². The normalized spacial score (nSPS) is 36.1. The Labute approximate surface area is 176 Å². The van der Waals surface area contributed by atoms with E-state index in [1.54, 1.807) is 6.26 Å². The van der Waals surface area contributed by atoms with Crippen LogP contribution in [0, 0.1) is 22.7 Å². The van der Waals surface area contributed by atoms with Crippen LogP contribution in [-0.2, 0) is 11.2 Å². The van der Waals surface area contributed by atoms with Gasteiger partial charge >= 0.3 is 0 Å². The Hall–Kier alpha value is -1.55. The van der Waals surface area contributed by atoms with Crippen LogP contribution < -0.4 is 0 Å². The largest absolute Gasteiger partial charge is 0.472 e. The van der Waals surface area contributed by atoms with Gasteiger partial charge in [0.25, 0.3) is 0 Å². The summed E-state index contributed by atoms with van der Waals surface area (Å²) < 4.78 is 5.28. The van der Waals surface area contributed by atoms with Gasteiger partial charge in [0.1, 0.15) is 0 Å². The average Bonchev–Trinajstić information content (AvgIpc) is 3.21. The molecule has 3 fully saturated rings. The number of likely N-dealkylation sites (N-methyl/N-ethyl adjacent to an activating group) is 1. The molecule has 1 unspecified atom stereocenters. The number of rotatable bonds is 4. The summed E-state index contributed by atoms with van der Waals surface area (Å²) in [4.78, 5) is 18.3. The molecule has 4 rings (SSSR count). The Bertz CT molecular complexity index is 734. The van der Waals surface area contributed by atoms with Gasteiger partial charge in [-0.15, -0.1) is 0 Å². The summed E-state index contributed by atoms with van der Waals surface area (Å²) >= 11 is 0. The molecule has 0 spiro atoms. The predicted octanol–water partition coefficient (Wildman–Crippen LogP) is 4.77. The van der Waals surface area contributed by atoms with Crippen LogP contribution in [-0.4, -0.2) is 48.9 Å². The molecular weight excluding hydrogens is 360 g/mol. The quantitative estimate of drug-likeness (QED) is 0.686. The minimum atomic E-state index is -0.225. The first-order valence-electron chi connectivity index (χ1n) is 11.5. The Morgan fingerprint density at radius 2 is 2.00 bits per heavy atom. The molecular formula is C25H38N2O2. The molecule has 1 saturated heterocycles. The van der Waals surface area contributed by atoms with Gasteiger partial charge in [-0.2, -0.15) is 0 Å². The standard InChI is InChI=1S/C25H38N2O2/c1-19-6-9-22-24(2,21(19)8-7-20-10-17-29-18-20)11-5-12-25(22,3)23(28)27-15-13-26(4)14-16-27/h10,17-18,21-22H,1,5-9,11-16H2,2-4H3/t21?,22-,24-,25+/m1/s1. The fourth-order valence-corrected chi connectivity index (χ4v) is 6.85. The zero-order valence-corrected chi connectivity index (χ0v) is 18.6. The second-order valence-electron chi connectivity index (χ2n) is 10.3. The molecule has 2 saturated carbocycles. The molecule has 0 N–H and O–H groups in total. The number of aryl methyl sites for hydroxylation is 1. The van der Waals surface area contributed by atoms with Crippen molar-refractivity contribution in [3.63, 3.8) is 0 Å². The zero-order valence-electron chi connectivity index (χ0n) is 18.6. The van der Waals surface area contributed by atoms with Gasteiger partial charge in [0.2, 0.25) is 5.91 Å². The first kappa shape index (κ1) is 20.7. The van der Waals surface area contributed by atoms with Crippen LogP contribution in [0.2, 0.25) is 0 Å². The maximum absolute atomic E-state index is 13.8. The lowest BCUT2D eigenvalue weighted by molar-refractivity contribution is -0.158. The predicted molar refractivity (Wildman–Crippen MR) is 117 cm³/mol. The molecule has 4 nitrogen and oxygen atoms in total. The number of furan rings is 1. The average molecular weight is 399 g/mol. The number of allylic oxidation sites excluding steroid dienone is 1. The number of amides is 1. The maximum Gasteiger partial charge on any atom is 0.228 e. The van der Waals surface area contributed by atoms with Crippen molar-refractivity contribution in [3.8, 4) is 0 Å². The molecule has 3 aliphatic rings. The van der Waals surface area contributed by atoms with E-state index in [1.165, 1.54) is 17.6 Å². The number of hydrogen-bond donors (Lipinski definition) is 0. The lowest BCUT2D eigenvalue weighted by Crippen LogP contribution is -2.59. The number of nitrogens with zero attached hydrogens (tertiary/aromatic N) is 2. The van der Waals surface area contributed by atoms with Crippen LogP contribution >= 0.6 is 0 Å². The second kappa shape index (κ2) is 7.94. The van der Waals surface area contributed by atoms with Crippen LogP contribution in [0.3, 0.4) is 0 Å². The molecule has 1 aromatic rings. The van der Waals surface area contributed by atoms with Gasteiger partial charge in [0, 0.05) is 31.6 Å². The first-order chi connectivity index (χ1) is 13.8. The van der Waals surface area contributed by atoms with Crippen LogP contribution in [0.15, 0.2) is 35.2 Å². The fraction of sp³-hybridized carbons (Fsp3) is 0.720. The van der Waals surface area contributed by atoms with Crippen LogP contribution in [0.1, 0.15) is 57.9 Å². The summed E-state index contributed by atoms with van der Waals surface area (Å²) in [5, 5.41) is 0. The number of piperazine rings is 1. The van der Waals surface area contributed by atoms with Gasteiger partial charge in [-0.05, 0) is 74.5 Å². The first-order valence-corrected chi connectivity index (χ1v) is 11.5. The van der Waals surface area contributed by atoms with E-state index in [9.17, 15) is 4.79 Å². The molecule has 4 heteroatoms. The molecule has 2 aliphatic carbocycles. The molecule has 1 aromatic heterocycles. The molecule has 4 atom stereocenters. The fourth-order valence-electron chi connectivity index (χ4n) is 6.85. The Kier molecular flexibility index (Phi) is 5.67. The Morgan fingerprint density at radius 1 is 1.24 bits per heavy atom. The van der Waals surface area contributed by atoms with Crippen molar-refractivity contribution in [1.82, 2.24) is 9.80 Å². The Balaban J connectivity index is 1.55. The molecule has 0 radical (unpaired) electrons. The lowest BCUT2D eigenvalue weighted by atomic mass is 9.46. The SMILES string of the molecule is C=C1CC[C@H]2[C@@](C)(C(=O)N3CCN(C)CC3)CCC[C@]2(C)C1CCc1ccoc1. The van der Waals surface area contributed by atoms with Gasteiger partial charge in [0.15, 0.2) is 0 Å². The molecule has 29 heavy (non-hydrogen) atoms. The van der Waals surface area contributed by atoms with Crippen molar-refractivity contribution in [1.29, 1.82) is 0 Å². The molecule has 1 aliphatic heterocycles. The minimum absolute atomic E-state index is 0.175. The van der Waals surface area contributed by atoms with E-state index < -0.39 is 0 Å². The molecule has 0 bridgehead atoms. The Morgan fingerprint density at radius 3 is 2.69 bits per heavy atom. The molecule has 2 heterocycles. The highest BCUT2D eigenvalue weighted by Gasteiger charge is 2.57. The van der Waals surface area contributed by atoms with Crippen molar-refractivity contribution in [3.05, 3.63) is 36.3 Å². The number of carbonyl (C=O) groups excluding carboxylic acids is 1. The van der Waals surface area contributed by atoms with E-state index in [1.807, 2.05) is 6.26 Å². The topological polar surface area (TPSA) is 36.7 Å². The van der Waals surface area contributed by atoms with E-state index in [-0.39, 0.29) is 10.8 Å². The highest BCUT2D eigenvalue weighted by Crippen LogP contribution is 2.62. The van der Waals surface area contributed by atoms with Crippen molar-refractivity contribution in [2.75, 3.05) is 33.2 Å². The van der Waals surface area contributed by atoms with Crippen molar-refractivity contribution < 1.29 is 9.21 Å². The van der Waals surface area contributed by atoms with Crippen molar-refractivity contribution >= 4 is 5.91 Å². The van der Waals surface area contributed by atoms with Crippen LogP contribution in [0.5, 0.6) is 0 Å². The summed E-state index contributed by atoms with van der Waals surface area (Å²) in [6.45, 7) is 13.0. The summed E-state index contributed by atoms with van der Waals surface area (Å²) in [6, 6.07) is 2.08. The van der Waals surface area contributed by atoms with Gasteiger partial charge in [-0.1, -0.05) is 32.4 Å². The third-order valence-electron chi connectivity index (χ3n) is 8.60. The van der Waals surface area contributed by atoms with E-state index in [4.69, 9.17) is 4.42 Å². The van der Waals surface area contributed by atoms with Gasteiger partial charge < -0.3 is 14.2 Å². The van der Waals surface area contributed by atoms with Crippen molar-refractivity contribution in [2.45, 2.75) is 58.8 Å². The summed E-state index contributed by atoms with van der Waals surface area (Å²) in [7, 11) is 2.15. The molecule has 1 amide bonds. The number of hydrogen-bond acceptors (Lipinski definition) is 3.